The molecule has 0 atom stereocenters. The third kappa shape index (κ3) is 3.28. The maximum absolute atomic E-state index is 13.5. The van der Waals surface area contributed by atoms with Crippen LogP contribution in [0, 0.1) is 5.82 Å². The van der Waals surface area contributed by atoms with Crippen LogP contribution in [-0.4, -0.2) is 24.0 Å². The first kappa shape index (κ1) is 15.2. The third-order valence-electron chi connectivity index (χ3n) is 2.83. The zero-order chi connectivity index (χ0) is 15.6. The predicted molar refractivity (Wildman–Crippen MR) is 77.5 cm³/mol. The molecule has 108 valence electrons. The van der Waals surface area contributed by atoms with Gasteiger partial charge in [-0.15, -0.1) is 0 Å². The number of carboxylic acid groups (broad SMARTS) is 1. The van der Waals surface area contributed by atoms with Gasteiger partial charge in [-0.25, -0.2) is 9.18 Å². The summed E-state index contributed by atoms with van der Waals surface area (Å²) in [5.41, 5.74) is -0.150. The Hall–Kier alpha value is -2.21. The van der Waals surface area contributed by atoms with Crippen LogP contribution in [0.25, 0.3) is 0 Å². The first-order valence-electron chi connectivity index (χ1n) is 5.84. The molecule has 0 saturated heterocycles. The monoisotopic (exact) mass is 352 g/mol. The number of hydrogen-bond acceptors (Lipinski definition) is 3. The minimum Gasteiger partial charge on any atom is -0.497 e. The summed E-state index contributed by atoms with van der Waals surface area (Å²) in [6.07, 6.45) is 0. The highest BCUT2D eigenvalue weighted by Gasteiger charge is 2.19. The van der Waals surface area contributed by atoms with Gasteiger partial charge < -0.3 is 9.84 Å². The molecule has 0 unspecified atom stereocenters. The summed E-state index contributed by atoms with van der Waals surface area (Å²) in [5, 5.41) is 9.14. The highest BCUT2D eigenvalue weighted by molar-refractivity contribution is 9.10. The smallest absolute Gasteiger partial charge is 0.336 e. The van der Waals surface area contributed by atoms with Gasteiger partial charge in [-0.3, -0.25) is 4.79 Å². The predicted octanol–water partition coefficient (Wildman–Crippen LogP) is 3.53. The van der Waals surface area contributed by atoms with Crippen molar-refractivity contribution >= 4 is 27.7 Å². The van der Waals surface area contributed by atoms with Crippen molar-refractivity contribution in [2.24, 2.45) is 0 Å². The van der Waals surface area contributed by atoms with Crippen LogP contribution >= 0.6 is 15.9 Å². The van der Waals surface area contributed by atoms with Crippen LogP contribution in [0.1, 0.15) is 26.3 Å². The Labute approximate surface area is 128 Å². The van der Waals surface area contributed by atoms with Gasteiger partial charge in [0.15, 0.2) is 5.78 Å². The van der Waals surface area contributed by atoms with Crippen LogP contribution in [0.3, 0.4) is 0 Å². The Balaban J connectivity index is 2.57. The topological polar surface area (TPSA) is 63.6 Å². The summed E-state index contributed by atoms with van der Waals surface area (Å²) in [7, 11) is 1.35. The largest absolute Gasteiger partial charge is 0.497 e. The Morgan fingerprint density at radius 2 is 1.86 bits per heavy atom. The van der Waals surface area contributed by atoms with Crippen molar-refractivity contribution < 1.29 is 23.8 Å². The fourth-order valence-corrected chi connectivity index (χ4v) is 2.22. The molecule has 2 aromatic rings. The molecule has 0 saturated carbocycles. The van der Waals surface area contributed by atoms with Crippen molar-refractivity contribution in [2.75, 3.05) is 7.11 Å². The van der Waals surface area contributed by atoms with E-state index in [9.17, 15) is 14.0 Å². The summed E-state index contributed by atoms with van der Waals surface area (Å²) in [6, 6.07) is 7.76. The molecule has 1 N–H and O–H groups in total. The van der Waals surface area contributed by atoms with E-state index in [0.717, 1.165) is 12.1 Å². The van der Waals surface area contributed by atoms with E-state index >= 15 is 0 Å². The Morgan fingerprint density at radius 3 is 2.48 bits per heavy atom. The highest BCUT2D eigenvalue weighted by Crippen LogP contribution is 2.23. The Morgan fingerprint density at radius 1 is 1.14 bits per heavy atom. The molecule has 0 aliphatic heterocycles. The molecule has 0 aromatic heterocycles. The quantitative estimate of drug-likeness (QED) is 0.855. The maximum Gasteiger partial charge on any atom is 0.336 e. The number of ketones is 1. The minimum atomic E-state index is -1.23. The van der Waals surface area contributed by atoms with E-state index in [1.54, 1.807) is 0 Å². The van der Waals surface area contributed by atoms with Gasteiger partial charge >= 0.3 is 5.97 Å². The summed E-state index contributed by atoms with van der Waals surface area (Å²) < 4.78 is 18.9. The number of carbonyl (C=O) groups excluding carboxylic acids is 1. The lowest BCUT2D eigenvalue weighted by molar-refractivity contribution is 0.0693. The van der Waals surface area contributed by atoms with Gasteiger partial charge in [0.2, 0.25) is 0 Å². The number of benzene rings is 2. The molecule has 0 fully saturated rings. The molecule has 4 nitrogen and oxygen atoms in total. The van der Waals surface area contributed by atoms with Crippen molar-refractivity contribution in [1.82, 2.24) is 0 Å². The molecule has 0 aliphatic rings. The van der Waals surface area contributed by atoms with Crippen molar-refractivity contribution in [3.05, 3.63) is 63.4 Å². The number of rotatable bonds is 4. The lowest BCUT2D eigenvalue weighted by atomic mass is 9.98. The van der Waals surface area contributed by atoms with E-state index in [0.29, 0.717) is 4.47 Å². The molecule has 21 heavy (non-hydrogen) atoms. The summed E-state index contributed by atoms with van der Waals surface area (Å²) in [4.78, 5) is 23.6. The van der Waals surface area contributed by atoms with Gasteiger partial charge in [0, 0.05) is 21.7 Å². The molecule has 0 amide bonds. The second kappa shape index (κ2) is 6.05. The summed E-state index contributed by atoms with van der Waals surface area (Å²) >= 11 is 3.18. The normalized spacial score (nSPS) is 10.2. The van der Waals surface area contributed by atoms with Gasteiger partial charge in [-0.1, -0.05) is 15.9 Å². The van der Waals surface area contributed by atoms with Crippen molar-refractivity contribution in [3.8, 4) is 5.75 Å². The number of ether oxygens (including phenoxy) is 1. The van der Waals surface area contributed by atoms with Crippen LogP contribution in [-0.2, 0) is 0 Å². The Kier molecular flexibility index (Phi) is 4.37. The highest BCUT2D eigenvalue weighted by atomic mass is 79.9. The molecule has 0 spiro atoms. The number of methoxy groups -OCH3 is 1. The van der Waals surface area contributed by atoms with Crippen LogP contribution in [0.5, 0.6) is 5.75 Å². The zero-order valence-electron chi connectivity index (χ0n) is 10.9. The molecule has 6 heteroatoms. The van der Waals surface area contributed by atoms with Gasteiger partial charge in [0.1, 0.15) is 11.6 Å². The molecule has 2 rings (SSSR count). The molecule has 2 aromatic carbocycles. The fraction of sp³-hybridized carbons (Fsp3) is 0.0667. The number of aromatic carboxylic acids is 1. The molecule has 0 bridgehead atoms. The third-order valence-corrected chi connectivity index (χ3v) is 3.32. The van der Waals surface area contributed by atoms with Gasteiger partial charge in [0.05, 0.1) is 12.7 Å². The van der Waals surface area contributed by atoms with Crippen molar-refractivity contribution in [1.29, 1.82) is 0 Å². The van der Waals surface area contributed by atoms with Crippen molar-refractivity contribution in [2.45, 2.75) is 0 Å². The Bertz CT molecular complexity index is 728. The van der Waals surface area contributed by atoms with Crippen LogP contribution in [0.15, 0.2) is 40.9 Å². The summed E-state index contributed by atoms with van der Waals surface area (Å²) in [5.74, 6) is -2.27. The van der Waals surface area contributed by atoms with Crippen LogP contribution in [0.4, 0.5) is 4.39 Å². The van der Waals surface area contributed by atoms with Gasteiger partial charge in [-0.05, 0) is 30.3 Å². The molecular formula is C15H10BrFO4. The maximum atomic E-state index is 13.5. The van der Waals surface area contributed by atoms with Crippen LogP contribution in [0.2, 0.25) is 0 Å². The number of carbonyl (C=O) groups is 2. The molecule has 0 radical (unpaired) electrons. The average molecular weight is 353 g/mol. The second-order valence-electron chi connectivity index (χ2n) is 4.20. The van der Waals surface area contributed by atoms with E-state index in [1.165, 1.54) is 31.4 Å². The second-order valence-corrected chi connectivity index (χ2v) is 5.12. The zero-order valence-corrected chi connectivity index (χ0v) is 12.5. The minimum absolute atomic E-state index is 0.0208. The summed E-state index contributed by atoms with van der Waals surface area (Å²) in [6.45, 7) is 0. The van der Waals surface area contributed by atoms with Gasteiger partial charge in [-0.2, -0.15) is 0 Å². The van der Waals surface area contributed by atoms with E-state index in [4.69, 9.17) is 9.84 Å². The number of halogens is 2. The molecular weight excluding hydrogens is 343 g/mol. The molecule has 0 heterocycles. The first-order valence-corrected chi connectivity index (χ1v) is 6.64. The first-order chi connectivity index (χ1) is 9.92. The standard InChI is InChI=1S/C15H10BrFO4/c1-21-11-5-8(4-10(17)7-11)14(18)13-6-9(16)2-3-12(13)15(19)20/h2-7H,1H3,(H,19,20). The lowest BCUT2D eigenvalue weighted by Crippen LogP contribution is -2.10. The van der Waals surface area contributed by atoms with E-state index in [-0.39, 0.29) is 22.4 Å². The number of carboxylic acids is 1. The van der Waals surface area contributed by atoms with E-state index < -0.39 is 17.6 Å². The SMILES string of the molecule is COc1cc(F)cc(C(=O)c2cc(Br)ccc2C(=O)O)c1. The number of hydrogen-bond donors (Lipinski definition) is 1. The average Bonchev–Trinajstić information content (AvgIpc) is 2.45. The van der Waals surface area contributed by atoms with Crippen molar-refractivity contribution in [3.63, 3.8) is 0 Å². The van der Waals surface area contributed by atoms with Crippen LogP contribution < -0.4 is 4.74 Å². The lowest BCUT2D eigenvalue weighted by Gasteiger charge is -2.08. The molecule has 0 aliphatic carbocycles. The van der Waals surface area contributed by atoms with E-state index in [2.05, 4.69) is 15.9 Å². The van der Waals surface area contributed by atoms with Gasteiger partial charge in [0.25, 0.3) is 0 Å². The van der Waals surface area contributed by atoms with E-state index in [1.807, 2.05) is 0 Å². The fourth-order valence-electron chi connectivity index (χ4n) is 1.86.